The largest absolute Gasteiger partial charge is 0.389 e. The van der Waals surface area contributed by atoms with Gasteiger partial charge >= 0.3 is 0 Å². The lowest BCUT2D eigenvalue weighted by Gasteiger charge is -2.09. The van der Waals surface area contributed by atoms with Crippen LogP contribution in [0.3, 0.4) is 0 Å². The van der Waals surface area contributed by atoms with Crippen molar-refractivity contribution in [2.24, 2.45) is 5.73 Å². The van der Waals surface area contributed by atoms with Crippen LogP contribution in [0.4, 0.5) is 5.69 Å². The minimum atomic E-state index is 0.381. The average molecular weight is 262 g/mol. The molecule has 2 rings (SSSR count). The molecule has 1 heterocycles. The van der Waals surface area contributed by atoms with Crippen molar-refractivity contribution in [2.75, 3.05) is 11.9 Å². The smallest absolute Gasteiger partial charge is 0.228 e. The second-order valence-electron chi connectivity index (χ2n) is 3.82. The van der Waals surface area contributed by atoms with Crippen molar-refractivity contribution in [3.05, 3.63) is 41.5 Å². The third-order valence-electron chi connectivity index (χ3n) is 2.42. The van der Waals surface area contributed by atoms with Crippen molar-refractivity contribution >= 4 is 22.9 Å². The van der Waals surface area contributed by atoms with E-state index in [9.17, 15) is 0 Å². The number of nitrogens with one attached hydrogen (secondary N) is 1. The zero-order valence-electron chi connectivity index (χ0n) is 10.0. The molecule has 2 aromatic rings. The first-order valence-corrected chi connectivity index (χ1v) is 5.99. The van der Waals surface area contributed by atoms with Crippen LogP contribution in [0.2, 0.25) is 0 Å². The molecule has 0 radical (unpaired) electrons. The highest BCUT2D eigenvalue weighted by atomic mass is 32.1. The lowest BCUT2D eigenvalue weighted by Crippen LogP contribution is -2.14. The third kappa shape index (κ3) is 3.04. The quantitative estimate of drug-likeness (QED) is 0.798. The summed E-state index contributed by atoms with van der Waals surface area (Å²) in [5.41, 5.74) is 7.41. The number of aryl methyl sites for hydroxylation is 1. The molecular weight excluding hydrogens is 248 g/mol. The summed E-state index contributed by atoms with van der Waals surface area (Å²) in [6.07, 6.45) is 0.659. The van der Waals surface area contributed by atoms with E-state index in [1.165, 1.54) is 0 Å². The van der Waals surface area contributed by atoms with Crippen molar-refractivity contribution in [1.82, 2.24) is 10.1 Å². The van der Waals surface area contributed by atoms with E-state index in [1.54, 1.807) is 6.92 Å². The summed E-state index contributed by atoms with van der Waals surface area (Å²) in [6.45, 7) is 2.48. The number of hydrogen-bond acceptors (Lipinski definition) is 5. The van der Waals surface area contributed by atoms with E-state index in [-0.39, 0.29) is 0 Å². The normalized spacial score (nSPS) is 10.3. The first-order chi connectivity index (χ1) is 8.66. The standard InChI is InChI=1S/C12H14N4OS/c1-8-15-11(17-16-8)6-7-14-10-5-3-2-4-9(10)12(13)18/h2-5,14H,6-7H2,1H3,(H2,13,18). The van der Waals surface area contributed by atoms with E-state index >= 15 is 0 Å². The zero-order valence-corrected chi connectivity index (χ0v) is 10.8. The summed E-state index contributed by atoms with van der Waals surface area (Å²) in [5.74, 6) is 1.27. The van der Waals surface area contributed by atoms with Crippen LogP contribution in [0.1, 0.15) is 17.3 Å². The molecule has 0 saturated carbocycles. The molecule has 3 N–H and O–H groups in total. The second-order valence-corrected chi connectivity index (χ2v) is 4.26. The Morgan fingerprint density at radius 1 is 1.44 bits per heavy atom. The van der Waals surface area contributed by atoms with E-state index in [2.05, 4.69) is 15.5 Å². The topological polar surface area (TPSA) is 77.0 Å². The summed E-state index contributed by atoms with van der Waals surface area (Å²) >= 11 is 4.99. The minimum Gasteiger partial charge on any atom is -0.389 e. The first kappa shape index (κ1) is 12.5. The molecule has 1 aromatic carbocycles. The van der Waals surface area contributed by atoms with Crippen molar-refractivity contribution < 1.29 is 4.52 Å². The molecule has 0 fully saturated rings. The average Bonchev–Trinajstić information content (AvgIpc) is 2.75. The minimum absolute atomic E-state index is 0.381. The lowest BCUT2D eigenvalue weighted by atomic mass is 10.2. The van der Waals surface area contributed by atoms with E-state index < -0.39 is 0 Å². The predicted octanol–water partition coefficient (Wildman–Crippen LogP) is 1.67. The van der Waals surface area contributed by atoms with Crippen LogP contribution < -0.4 is 11.1 Å². The Hall–Kier alpha value is -1.95. The molecule has 0 amide bonds. The van der Waals surface area contributed by atoms with Gasteiger partial charge in [-0.2, -0.15) is 4.98 Å². The number of hydrogen-bond donors (Lipinski definition) is 2. The van der Waals surface area contributed by atoms with Crippen molar-refractivity contribution in [1.29, 1.82) is 0 Å². The number of thiocarbonyl (C=S) groups is 1. The number of nitrogens with two attached hydrogens (primary N) is 1. The van der Waals surface area contributed by atoms with E-state index in [4.69, 9.17) is 22.5 Å². The maximum Gasteiger partial charge on any atom is 0.228 e. The maximum atomic E-state index is 5.65. The van der Waals surface area contributed by atoms with Crippen LogP contribution in [0.25, 0.3) is 0 Å². The van der Waals surface area contributed by atoms with Gasteiger partial charge in [0.25, 0.3) is 0 Å². The Morgan fingerprint density at radius 2 is 2.22 bits per heavy atom. The fraction of sp³-hybridized carbons (Fsp3) is 0.250. The summed E-state index contributed by atoms with van der Waals surface area (Å²) in [4.78, 5) is 4.51. The zero-order chi connectivity index (χ0) is 13.0. The van der Waals surface area contributed by atoms with Gasteiger partial charge < -0.3 is 15.6 Å². The highest BCUT2D eigenvalue weighted by molar-refractivity contribution is 7.80. The summed E-state index contributed by atoms with van der Waals surface area (Å²) in [7, 11) is 0. The van der Waals surface area contributed by atoms with Crippen LogP contribution in [0.5, 0.6) is 0 Å². The molecule has 94 valence electrons. The molecular formula is C12H14N4OS. The molecule has 0 saturated heterocycles. The number of nitrogens with zero attached hydrogens (tertiary/aromatic N) is 2. The SMILES string of the molecule is Cc1noc(CCNc2ccccc2C(N)=S)n1. The third-order valence-corrected chi connectivity index (χ3v) is 2.64. The molecule has 0 atom stereocenters. The van der Waals surface area contributed by atoms with Crippen LogP contribution >= 0.6 is 12.2 Å². The lowest BCUT2D eigenvalue weighted by molar-refractivity contribution is 0.377. The Balaban J connectivity index is 1.96. The molecule has 1 aromatic heterocycles. The highest BCUT2D eigenvalue weighted by Crippen LogP contribution is 2.14. The number of anilines is 1. The number of benzene rings is 1. The molecule has 18 heavy (non-hydrogen) atoms. The van der Waals surface area contributed by atoms with Gasteiger partial charge in [-0.1, -0.05) is 29.5 Å². The van der Waals surface area contributed by atoms with E-state index in [1.807, 2.05) is 24.3 Å². The Labute approximate surface area is 110 Å². The number of para-hydroxylation sites is 1. The molecule has 5 nitrogen and oxygen atoms in total. The molecule has 6 heteroatoms. The maximum absolute atomic E-state index is 5.65. The number of aromatic nitrogens is 2. The fourth-order valence-electron chi connectivity index (χ4n) is 1.60. The van der Waals surface area contributed by atoms with Gasteiger partial charge in [-0.15, -0.1) is 0 Å². The number of rotatable bonds is 5. The highest BCUT2D eigenvalue weighted by Gasteiger charge is 2.05. The molecule has 0 unspecified atom stereocenters. The van der Waals surface area contributed by atoms with Crippen molar-refractivity contribution in [3.8, 4) is 0 Å². The van der Waals surface area contributed by atoms with Gasteiger partial charge in [0.15, 0.2) is 5.82 Å². The van der Waals surface area contributed by atoms with Gasteiger partial charge in [0.1, 0.15) is 4.99 Å². The summed E-state index contributed by atoms with van der Waals surface area (Å²) in [6, 6.07) is 7.66. The Bertz CT molecular complexity index is 553. The Kier molecular flexibility index (Phi) is 3.88. The Morgan fingerprint density at radius 3 is 2.89 bits per heavy atom. The van der Waals surface area contributed by atoms with Crippen LogP contribution in [0.15, 0.2) is 28.8 Å². The van der Waals surface area contributed by atoms with Gasteiger partial charge in [-0.25, -0.2) is 0 Å². The molecule has 0 bridgehead atoms. The second kappa shape index (κ2) is 5.59. The van der Waals surface area contributed by atoms with Crippen LogP contribution in [-0.4, -0.2) is 21.7 Å². The van der Waals surface area contributed by atoms with Crippen molar-refractivity contribution in [3.63, 3.8) is 0 Å². The molecule has 0 aliphatic rings. The van der Waals surface area contributed by atoms with Gasteiger partial charge in [0, 0.05) is 24.2 Å². The molecule has 0 aliphatic carbocycles. The van der Waals surface area contributed by atoms with E-state index in [0.29, 0.717) is 29.7 Å². The van der Waals surface area contributed by atoms with Crippen LogP contribution in [-0.2, 0) is 6.42 Å². The van der Waals surface area contributed by atoms with Crippen molar-refractivity contribution in [2.45, 2.75) is 13.3 Å². The summed E-state index contributed by atoms with van der Waals surface area (Å²) < 4.78 is 5.03. The van der Waals surface area contributed by atoms with Gasteiger partial charge in [-0.3, -0.25) is 0 Å². The monoisotopic (exact) mass is 262 g/mol. The first-order valence-electron chi connectivity index (χ1n) is 5.58. The van der Waals surface area contributed by atoms with Crippen LogP contribution in [0, 0.1) is 6.92 Å². The van der Waals surface area contributed by atoms with Gasteiger partial charge in [-0.05, 0) is 19.1 Å². The predicted molar refractivity (Wildman–Crippen MR) is 73.6 cm³/mol. The van der Waals surface area contributed by atoms with E-state index in [0.717, 1.165) is 11.3 Å². The van der Waals surface area contributed by atoms with Gasteiger partial charge in [0.05, 0.1) is 0 Å². The van der Waals surface area contributed by atoms with Gasteiger partial charge in [0.2, 0.25) is 5.89 Å². The molecule has 0 aliphatic heterocycles. The fourth-order valence-corrected chi connectivity index (χ4v) is 1.78. The summed E-state index contributed by atoms with van der Waals surface area (Å²) in [5, 5.41) is 6.99. The molecule has 0 spiro atoms.